The number of amides is 1. The lowest BCUT2D eigenvalue weighted by Crippen LogP contribution is -2.48. The molecule has 1 heterocycles. The number of hydrogen-bond donors (Lipinski definition) is 2. The lowest BCUT2D eigenvalue weighted by Gasteiger charge is -2.25. The lowest BCUT2D eigenvalue weighted by atomic mass is 10.1. The van der Waals surface area contributed by atoms with Gasteiger partial charge in [-0.25, -0.2) is 4.99 Å². The molecular weight excluding hydrogens is 507 g/mol. The van der Waals surface area contributed by atoms with E-state index in [0.29, 0.717) is 25.2 Å². The Morgan fingerprint density at radius 3 is 2.39 bits per heavy atom. The summed E-state index contributed by atoms with van der Waals surface area (Å²) in [5.41, 5.74) is 2.04. The number of guanidine groups is 1. The third-order valence-electron chi connectivity index (χ3n) is 4.68. The van der Waals surface area contributed by atoms with E-state index in [2.05, 4.69) is 39.9 Å². The summed E-state index contributed by atoms with van der Waals surface area (Å²) in [4.78, 5) is 18.7. The van der Waals surface area contributed by atoms with Gasteiger partial charge in [0.1, 0.15) is 0 Å². The largest absolute Gasteiger partial charge is 0.381 e. The summed E-state index contributed by atoms with van der Waals surface area (Å²) < 4.78 is 11.3. The van der Waals surface area contributed by atoms with Crippen LogP contribution in [0.4, 0.5) is 0 Å². The minimum Gasteiger partial charge on any atom is -0.381 e. The first-order valence-electron chi connectivity index (χ1n) is 10.8. The Bertz CT molecular complexity index is 683. The number of nitrogens with zero attached hydrogens (tertiary/aromatic N) is 2. The Morgan fingerprint density at radius 1 is 1.19 bits per heavy atom. The average Bonchev–Trinajstić information content (AvgIpc) is 2.69. The molecule has 2 N–H and O–H groups in total. The van der Waals surface area contributed by atoms with Gasteiger partial charge in [0.2, 0.25) is 5.91 Å². The van der Waals surface area contributed by atoms with E-state index >= 15 is 0 Å². The van der Waals surface area contributed by atoms with Crippen LogP contribution in [0.5, 0.6) is 0 Å². The molecule has 1 fully saturated rings. The van der Waals surface area contributed by atoms with E-state index in [9.17, 15) is 4.79 Å². The van der Waals surface area contributed by atoms with Crippen molar-refractivity contribution in [3.63, 3.8) is 0 Å². The summed E-state index contributed by atoms with van der Waals surface area (Å²) in [5.74, 6) is 0.693. The summed E-state index contributed by atoms with van der Waals surface area (Å²) in [5, 5.41) is 6.23. The molecule has 1 amide bonds. The molecule has 2 rings (SSSR count). The number of carbonyl (C=O) groups excluding carboxylic acids is 1. The SMILES string of the molecule is CCNC(=NCc1ccc(COC2CCOCC2)cc1)N(C)CC(=O)NC(C)(C)C.I. The Hall–Kier alpha value is -1.39. The van der Waals surface area contributed by atoms with E-state index in [4.69, 9.17) is 9.47 Å². The van der Waals surface area contributed by atoms with E-state index < -0.39 is 0 Å². The van der Waals surface area contributed by atoms with E-state index in [1.807, 2.05) is 39.6 Å². The Morgan fingerprint density at radius 2 is 1.81 bits per heavy atom. The van der Waals surface area contributed by atoms with Crippen LogP contribution in [-0.4, -0.2) is 61.8 Å². The monoisotopic (exact) mass is 546 g/mol. The van der Waals surface area contributed by atoms with Crippen molar-refractivity contribution in [3.8, 4) is 0 Å². The van der Waals surface area contributed by atoms with Gasteiger partial charge in [-0.15, -0.1) is 24.0 Å². The molecule has 0 aromatic heterocycles. The first-order chi connectivity index (χ1) is 14.3. The van der Waals surface area contributed by atoms with Gasteiger partial charge in [0.05, 0.1) is 25.8 Å². The molecule has 0 bridgehead atoms. The Balaban J connectivity index is 0.00000480. The predicted octanol–water partition coefficient (Wildman–Crippen LogP) is 3.31. The first-order valence-corrected chi connectivity index (χ1v) is 10.8. The van der Waals surface area contributed by atoms with Crippen molar-refractivity contribution in [2.45, 2.75) is 65.3 Å². The fraction of sp³-hybridized carbons (Fsp3) is 0.652. The summed E-state index contributed by atoms with van der Waals surface area (Å²) in [6, 6.07) is 8.36. The zero-order valence-corrected chi connectivity index (χ0v) is 21.9. The van der Waals surface area contributed by atoms with Gasteiger partial charge in [0, 0.05) is 32.3 Å². The van der Waals surface area contributed by atoms with Gasteiger partial charge in [-0.1, -0.05) is 24.3 Å². The number of benzene rings is 1. The van der Waals surface area contributed by atoms with Crippen LogP contribution in [0.2, 0.25) is 0 Å². The normalized spacial score (nSPS) is 15.2. The third-order valence-corrected chi connectivity index (χ3v) is 4.68. The molecule has 7 nitrogen and oxygen atoms in total. The van der Waals surface area contributed by atoms with Gasteiger partial charge in [-0.3, -0.25) is 4.79 Å². The highest BCUT2D eigenvalue weighted by Crippen LogP contribution is 2.14. The third kappa shape index (κ3) is 11.2. The van der Waals surface area contributed by atoms with Crippen LogP contribution >= 0.6 is 24.0 Å². The zero-order chi connectivity index (χ0) is 22.0. The van der Waals surface area contributed by atoms with Crippen LogP contribution in [0.15, 0.2) is 29.3 Å². The van der Waals surface area contributed by atoms with Crippen LogP contribution in [0.25, 0.3) is 0 Å². The molecule has 1 saturated heterocycles. The molecule has 1 aliphatic rings. The molecule has 0 atom stereocenters. The van der Waals surface area contributed by atoms with Gasteiger partial charge in [0.25, 0.3) is 0 Å². The number of hydrogen-bond acceptors (Lipinski definition) is 4. The van der Waals surface area contributed by atoms with Crippen molar-refractivity contribution in [2.75, 3.05) is 33.4 Å². The second-order valence-corrected chi connectivity index (χ2v) is 8.76. The fourth-order valence-corrected chi connectivity index (χ4v) is 3.18. The highest BCUT2D eigenvalue weighted by Gasteiger charge is 2.17. The molecule has 31 heavy (non-hydrogen) atoms. The van der Waals surface area contributed by atoms with Gasteiger partial charge in [-0.05, 0) is 51.7 Å². The highest BCUT2D eigenvalue weighted by molar-refractivity contribution is 14.0. The van der Waals surface area contributed by atoms with Gasteiger partial charge in [-0.2, -0.15) is 0 Å². The molecule has 176 valence electrons. The van der Waals surface area contributed by atoms with Gasteiger partial charge >= 0.3 is 0 Å². The quantitative estimate of drug-likeness (QED) is 0.298. The molecule has 0 unspecified atom stereocenters. The number of ether oxygens (including phenoxy) is 2. The van der Waals surface area contributed by atoms with Crippen molar-refractivity contribution in [2.24, 2.45) is 4.99 Å². The van der Waals surface area contributed by atoms with Crippen LogP contribution in [0.3, 0.4) is 0 Å². The molecule has 1 aromatic rings. The van der Waals surface area contributed by atoms with Crippen LogP contribution in [0, 0.1) is 0 Å². The molecule has 1 aromatic carbocycles. The zero-order valence-electron chi connectivity index (χ0n) is 19.6. The van der Waals surface area contributed by atoms with Crippen LogP contribution in [0.1, 0.15) is 51.7 Å². The van der Waals surface area contributed by atoms with Crippen molar-refractivity contribution in [1.82, 2.24) is 15.5 Å². The van der Waals surface area contributed by atoms with Crippen molar-refractivity contribution < 1.29 is 14.3 Å². The molecule has 8 heteroatoms. The highest BCUT2D eigenvalue weighted by atomic mass is 127. The van der Waals surface area contributed by atoms with Crippen molar-refractivity contribution in [1.29, 1.82) is 0 Å². The minimum atomic E-state index is -0.246. The predicted molar refractivity (Wildman–Crippen MR) is 136 cm³/mol. The van der Waals surface area contributed by atoms with E-state index in [0.717, 1.165) is 43.7 Å². The second-order valence-electron chi connectivity index (χ2n) is 8.76. The summed E-state index contributed by atoms with van der Waals surface area (Å²) in [6.07, 6.45) is 2.25. The standard InChI is InChI=1S/C23H38N4O3.HI/c1-6-24-22(27(5)16-21(28)26-23(2,3)4)25-15-18-7-9-19(10-8-18)17-30-20-11-13-29-14-12-20;/h7-10,20H,6,11-17H2,1-5H3,(H,24,25)(H,26,28);1H. The van der Waals surface area contributed by atoms with E-state index in [1.54, 1.807) is 0 Å². The maximum atomic E-state index is 12.2. The lowest BCUT2D eigenvalue weighted by molar-refractivity contribution is -0.122. The molecule has 1 aliphatic heterocycles. The summed E-state index contributed by atoms with van der Waals surface area (Å²) in [6.45, 7) is 11.7. The van der Waals surface area contributed by atoms with Crippen molar-refractivity contribution >= 4 is 35.8 Å². The maximum absolute atomic E-state index is 12.2. The van der Waals surface area contributed by atoms with Crippen LogP contribution in [-0.2, 0) is 27.4 Å². The molecule has 0 aliphatic carbocycles. The Labute approximate surface area is 204 Å². The van der Waals surface area contributed by atoms with Gasteiger partial charge < -0.3 is 25.0 Å². The van der Waals surface area contributed by atoms with E-state index in [1.165, 1.54) is 0 Å². The van der Waals surface area contributed by atoms with E-state index in [-0.39, 0.29) is 42.0 Å². The van der Waals surface area contributed by atoms with Crippen molar-refractivity contribution in [3.05, 3.63) is 35.4 Å². The number of likely N-dealkylation sites (N-methyl/N-ethyl adjacent to an activating group) is 1. The number of rotatable bonds is 8. The second kappa shape index (κ2) is 13.9. The maximum Gasteiger partial charge on any atom is 0.240 e. The van der Waals surface area contributed by atoms with Gasteiger partial charge in [0.15, 0.2) is 5.96 Å². The number of halogens is 1. The number of carbonyl (C=O) groups is 1. The minimum absolute atomic E-state index is 0. The Kier molecular flexibility index (Phi) is 12.4. The molecule has 0 saturated carbocycles. The number of aliphatic imine (C=N–C) groups is 1. The topological polar surface area (TPSA) is 75.2 Å². The smallest absolute Gasteiger partial charge is 0.240 e. The average molecular weight is 546 g/mol. The molecule has 0 radical (unpaired) electrons. The fourth-order valence-electron chi connectivity index (χ4n) is 3.18. The summed E-state index contributed by atoms with van der Waals surface area (Å²) >= 11 is 0. The summed E-state index contributed by atoms with van der Waals surface area (Å²) in [7, 11) is 1.88. The first kappa shape index (κ1) is 27.6. The molecule has 0 spiro atoms. The molecular formula is C23H39IN4O3. The van der Waals surface area contributed by atoms with Crippen LogP contribution < -0.4 is 10.6 Å². The number of nitrogens with one attached hydrogen (secondary N) is 2.